The lowest BCUT2D eigenvalue weighted by Crippen LogP contribution is -2.16. The Morgan fingerprint density at radius 2 is 2.21 bits per heavy atom. The summed E-state index contributed by atoms with van der Waals surface area (Å²) in [5.41, 5.74) is 0.643. The molecule has 0 aromatic heterocycles. The van der Waals surface area contributed by atoms with E-state index in [1.54, 1.807) is 19.2 Å². The van der Waals surface area contributed by atoms with E-state index >= 15 is 0 Å². The van der Waals surface area contributed by atoms with E-state index in [1.165, 1.54) is 6.07 Å². The fraction of sp³-hybridized carbons (Fsp3) is 0.455. The van der Waals surface area contributed by atoms with Gasteiger partial charge in [0.1, 0.15) is 11.6 Å². The highest BCUT2D eigenvalue weighted by atomic mass is 19.1. The van der Waals surface area contributed by atoms with Crippen LogP contribution < -0.4 is 10.1 Å². The van der Waals surface area contributed by atoms with E-state index in [0.29, 0.717) is 11.3 Å². The normalized spacial score (nSPS) is 12.6. The summed E-state index contributed by atoms with van der Waals surface area (Å²) in [6.45, 7) is 2.70. The van der Waals surface area contributed by atoms with Crippen LogP contribution in [0.1, 0.15) is 18.4 Å². The summed E-state index contributed by atoms with van der Waals surface area (Å²) >= 11 is 0. The topological polar surface area (TPSA) is 21.3 Å². The van der Waals surface area contributed by atoms with Crippen LogP contribution in [0.5, 0.6) is 5.75 Å². The molecule has 1 unspecified atom stereocenters. The molecule has 3 heteroatoms. The summed E-state index contributed by atoms with van der Waals surface area (Å²) in [4.78, 5) is 0. The molecule has 0 aliphatic heterocycles. The Labute approximate surface area is 84.1 Å². The molecule has 14 heavy (non-hydrogen) atoms. The first-order valence-corrected chi connectivity index (χ1v) is 4.67. The number of hydrogen-bond acceptors (Lipinski definition) is 2. The van der Waals surface area contributed by atoms with Gasteiger partial charge in [0.05, 0.1) is 7.11 Å². The minimum atomic E-state index is -0.202. The number of ether oxygens (including phenoxy) is 1. The Hall–Kier alpha value is -1.09. The SMILES string of the molecule is CNCC(C)c1c(F)cccc1OC. The zero-order chi connectivity index (χ0) is 10.6. The van der Waals surface area contributed by atoms with E-state index in [2.05, 4.69) is 5.32 Å². The smallest absolute Gasteiger partial charge is 0.130 e. The third-order valence-corrected chi connectivity index (χ3v) is 2.24. The number of hydrogen-bond donors (Lipinski definition) is 1. The van der Waals surface area contributed by atoms with E-state index in [0.717, 1.165) is 6.54 Å². The van der Waals surface area contributed by atoms with Crippen LogP contribution in [0.3, 0.4) is 0 Å². The first-order valence-electron chi connectivity index (χ1n) is 4.67. The fourth-order valence-corrected chi connectivity index (χ4v) is 1.58. The molecule has 2 nitrogen and oxygen atoms in total. The first kappa shape index (κ1) is 11.0. The van der Waals surface area contributed by atoms with Crippen molar-refractivity contribution in [1.29, 1.82) is 0 Å². The molecule has 78 valence electrons. The molecule has 0 amide bonds. The minimum Gasteiger partial charge on any atom is -0.496 e. The molecular formula is C11H16FNO. The lowest BCUT2D eigenvalue weighted by molar-refractivity contribution is 0.399. The van der Waals surface area contributed by atoms with Gasteiger partial charge in [0.25, 0.3) is 0 Å². The summed E-state index contributed by atoms with van der Waals surface area (Å²) in [5, 5.41) is 3.02. The molecule has 0 saturated heterocycles. The van der Waals surface area contributed by atoms with Crippen LogP contribution in [0, 0.1) is 5.82 Å². The maximum absolute atomic E-state index is 13.5. The van der Waals surface area contributed by atoms with Crippen molar-refractivity contribution in [3.8, 4) is 5.75 Å². The zero-order valence-electron chi connectivity index (χ0n) is 8.80. The van der Waals surface area contributed by atoms with Gasteiger partial charge >= 0.3 is 0 Å². The largest absolute Gasteiger partial charge is 0.496 e. The Bertz CT molecular complexity index is 301. The van der Waals surface area contributed by atoms with E-state index in [9.17, 15) is 4.39 Å². The van der Waals surface area contributed by atoms with Crippen LogP contribution >= 0.6 is 0 Å². The molecule has 0 fully saturated rings. The van der Waals surface area contributed by atoms with Crippen LogP contribution in [0.15, 0.2) is 18.2 Å². The van der Waals surface area contributed by atoms with Gasteiger partial charge in [-0.25, -0.2) is 4.39 Å². The maximum atomic E-state index is 13.5. The van der Waals surface area contributed by atoms with Crippen molar-refractivity contribution in [2.45, 2.75) is 12.8 Å². The molecule has 0 saturated carbocycles. The highest BCUT2D eigenvalue weighted by molar-refractivity contribution is 5.37. The van der Waals surface area contributed by atoms with Gasteiger partial charge in [-0.15, -0.1) is 0 Å². The third kappa shape index (κ3) is 2.23. The summed E-state index contributed by atoms with van der Waals surface area (Å²) < 4.78 is 18.6. The van der Waals surface area contributed by atoms with Crippen molar-refractivity contribution in [2.24, 2.45) is 0 Å². The summed E-state index contributed by atoms with van der Waals surface area (Å²) in [7, 11) is 3.41. The third-order valence-electron chi connectivity index (χ3n) is 2.24. The molecule has 0 spiro atoms. The second-order valence-corrected chi connectivity index (χ2v) is 3.31. The predicted molar refractivity (Wildman–Crippen MR) is 55.3 cm³/mol. The lowest BCUT2D eigenvalue weighted by Gasteiger charge is -2.15. The van der Waals surface area contributed by atoms with E-state index in [4.69, 9.17) is 4.74 Å². The van der Waals surface area contributed by atoms with Gasteiger partial charge < -0.3 is 10.1 Å². The first-order chi connectivity index (χ1) is 6.70. The molecule has 0 aliphatic rings. The Kier molecular flexibility index (Phi) is 3.89. The van der Waals surface area contributed by atoms with Crippen molar-refractivity contribution in [2.75, 3.05) is 20.7 Å². The van der Waals surface area contributed by atoms with Crippen molar-refractivity contribution in [3.63, 3.8) is 0 Å². The van der Waals surface area contributed by atoms with Gasteiger partial charge in [0, 0.05) is 18.0 Å². The van der Waals surface area contributed by atoms with Crippen LogP contribution in [0.25, 0.3) is 0 Å². The molecule has 1 N–H and O–H groups in total. The fourth-order valence-electron chi connectivity index (χ4n) is 1.58. The number of likely N-dealkylation sites (N-methyl/N-ethyl adjacent to an activating group) is 1. The molecule has 1 aromatic rings. The average molecular weight is 197 g/mol. The Balaban J connectivity index is 3.03. The van der Waals surface area contributed by atoms with Crippen LogP contribution in [0.4, 0.5) is 4.39 Å². The van der Waals surface area contributed by atoms with E-state index in [-0.39, 0.29) is 11.7 Å². The molecule has 1 atom stereocenters. The lowest BCUT2D eigenvalue weighted by atomic mass is 9.99. The average Bonchev–Trinajstić information content (AvgIpc) is 2.17. The second kappa shape index (κ2) is 4.96. The van der Waals surface area contributed by atoms with Crippen LogP contribution in [0.2, 0.25) is 0 Å². The number of nitrogens with one attached hydrogen (secondary N) is 1. The van der Waals surface area contributed by atoms with Crippen LogP contribution in [-0.4, -0.2) is 20.7 Å². The Morgan fingerprint density at radius 3 is 2.79 bits per heavy atom. The van der Waals surface area contributed by atoms with E-state index < -0.39 is 0 Å². The monoisotopic (exact) mass is 197 g/mol. The molecule has 1 aromatic carbocycles. The molecule has 0 radical (unpaired) electrons. The second-order valence-electron chi connectivity index (χ2n) is 3.31. The van der Waals surface area contributed by atoms with Gasteiger partial charge in [0.15, 0.2) is 0 Å². The van der Waals surface area contributed by atoms with Gasteiger partial charge in [-0.3, -0.25) is 0 Å². The molecule has 0 aliphatic carbocycles. The van der Waals surface area contributed by atoms with Crippen LogP contribution in [-0.2, 0) is 0 Å². The van der Waals surface area contributed by atoms with Crippen molar-refractivity contribution >= 4 is 0 Å². The highest BCUT2D eigenvalue weighted by Crippen LogP contribution is 2.28. The van der Waals surface area contributed by atoms with Crippen molar-refractivity contribution < 1.29 is 9.13 Å². The minimum absolute atomic E-state index is 0.108. The summed E-state index contributed by atoms with van der Waals surface area (Å²) in [6, 6.07) is 4.90. The van der Waals surface area contributed by atoms with Crippen molar-refractivity contribution in [3.05, 3.63) is 29.6 Å². The maximum Gasteiger partial charge on any atom is 0.130 e. The molecular weight excluding hydrogens is 181 g/mol. The quantitative estimate of drug-likeness (QED) is 0.798. The van der Waals surface area contributed by atoms with Gasteiger partial charge in [-0.1, -0.05) is 13.0 Å². The number of rotatable bonds is 4. The van der Waals surface area contributed by atoms with Crippen molar-refractivity contribution in [1.82, 2.24) is 5.32 Å². The van der Waals surface area contributed by atoms with E-state index in [1.807, 2.05) is 14.0 Å². The van der Waals surface area contributed by atoms with Gasteiger partial charge in [-0.05, 0) is 19.2 Å². The molecule has 1 rings (SSSR count). The number of halogens is 1. The number of methoxy groups -OCH3 is 1. The van der Waals surface area contributed by atoms with Gasteiger partial charge in [0.2, 0.25) is 0 Å². The standard InChI is InChI=1S/C11H16FNO/c1-8(7-13-2)11-9(12)5-4-6-10(11)14-3/h4-6,8,13H,7H2,1-3H3. The van der Waals surface area contributed by atoms with Gasteiger partial charge in [-0.2, -0.15) is 0 Å². The Morgan fingerprint density at radius 1 is 1.50 bits per heavy atom. The summed E-state index contributed by atoms with van der Waals surface area (Å²) in [5.74, 6) is 0.524. The molecule has 0 heterocycles. The molecule has 0 bridgehead atoms. The predicted octanol–water partition coefficient (Wildman–Crippen LogP) is 2.16. The summed E-state index contributed by atoms with van der Waals surface area (Å²) in [6.07, 6.45) is 0. The highest BCUT2D eigenvalue weighted by Gasteiger charge is 2.15. The number of benzene rings is 1. The zero-order valence-corrected chi connectivity index (χ0v) is 8.80.